The summed E-state index contributed by atoms with van der Waals surface area (Å²) in [7, 11) is 2.01. The molecule has 1 aliphatic heterocycles. The first kappa shape index (κ1) is 16.6. The summed E-state index contributed by atoms with van der Waals surface area (Å²) < 4.78 is 0. The second kappa shape index (κ2) is 7.11. The van der Waals surface area contributed by atoms with E-state index in [1.54, 1.807) is 22.7 Å². The molecule has 0 fully saturated rings. The second-order valence-corrected chi connectivity index (χ2v) is 8.00. The molecule has 23 heavy (non-hydrogen) atoms. The molecule has 0 saturated carbocycles. The van der Waals surface area contributed by atoms with Crippen LogP contribution in [0.3, 0.4) is 0 Å². The van der Waals surface area contributed by atoms with Gasteiger partial charge in [0.2, 0.25) is 5.91 Å². The number of amides is 1. The lowest BCUT2D eigenvalue weighted by Gasteiger charge is -2.32. The Hall–Kier alpha value is -1.24. The van der Waals surface area contributed by atoms with Crippen molar-refractivity contribution in [3.63, 3.8) is 0 Å². The van der Waals surface area contributed by atoms with E-state index >= 15 is 0 Å². The summed E-state index contributed by atoms with van der Waals surface area (Å²) in [5, 5.41) is 5.39. The van der Waals surface area contributed by atoms with Crippen LogP contribution in [0.25, 0.3) is 0 Å². The number of thiophene rings is 1. The van der Waals surface area contributed by atoms with Crippen LogP contribution in [-0.4, -0.2) is 40.3 Å². The number of aryl methyl sites for hydroxylation is 1. The van der Waals surface area contributed by atoms with Crippen LogP contribution in [0, 0.1) is 0 Å². The van der Waals surface area contributed by atoms with Gasteiger partial charge in [-0.2, -0.15) is 0 Å². The van der Waals surface area contributed by atoms with Crippen LogP contribution in [0.4, 0.5) is 0 Å². The van der Waals surface area contributed by atoms with Crippen LogP contribution < -0.4 is 0 Å². The first-order valence-electron chi connectivity index (χ1n) is 8.06. The van der Waals surface area contributed by atoms with Gasteiger partial charge in [0.25, 0.3) is 0 Å². The molecule has 1 atom stereocenters. The van der Waals surface area contributed by atoms with Crippen LogP contribution >= 0.6 is 22.7 Å². The largest absolute Gasteiger partial charge is 0.337 e. The lowest BCUT2D eigenvalue weighted by atomic mass is 10.1. The summed E-state index contributed by atoms with van der Waals surface area (Å²) >= 11 is 3.51. The molecule has 3 rings (SSSR count). The lowest BCUT2D eigenvalue weighted by Crippen LogP contribution is -2.46. The third kappa shape index (κ3) is 3.65. The van der Waals surface area contributed by atoms with Crippen molar-refractivity contribution >= 4 is 28.6 Å². The molecule has 0 spiro atoms. The molecule has 3 heterocycles. The SMILES string of the molecule is CCc1nc(CN(C)[C@H](C)C(=O)N2CCc3sccc3C2)cs1. The zero-order valence-electron chi connectivity index (χ0n) is 13.9. The molecule has 1 aliphatic rings. The average molecular weight is 350 g/mol. The van der Waals surface area contributed by atoms with Gasteiger partial charge in [0.1, 0.15) is 0 Å². The topological polar surface area (TPSA) is 36.4 Å². The standard InChI is InChI=1S/C17H23N3OS2/c1-4-16-18-14(11-23-16)10-19(3)12(2)17(21)20-7-5-15-13(9-20)6-8-22-15/h6,8,11-12H,4-5,7,9-10H2,1-3H3/t12-/m1/s1. The summed E-state index contributed by atoms with van der Waals surface area (Å²) in [6.45, 7) is 6.43. The fourth-order valence-corrected chi connectivity index (χ4v) is 4.49. The number of rotatable bonds is 5. The van der Waals surface area contributed by atoms with E-state index in [1.165, 1.54) is 10.4 Å². The van der Waals surface area contributed by atoms with Crippen molar-refractivity contribution in [1.29, 1.82) is 0 Å². The van der Waals surface area contributed by atoms with Crippen molar-refractivity contribution in [2.75, 3.05) is 13.6 Å². The van der Waals surface area contributed by atoms with E-state index in [0.717, 1.165) is 43.2 Å². The van der Waals surface area contributed by atoms with Gasteiger partial charge in [0, 0.05) is 29.9 Å². The average Bonchev–Trinajstić information content (AvgIpc) is 3.21. The highest BCUT2D eigenvalue weighted by Crippen LogP contribution is 2.25. The van der Waals surface area contributed by atoms with Crippen molar-refractivity contribution in [1.82, 2.24) is 14.8 Å². The summed E-state index contributed by atoms with van der Waals surface area (Å²) in [6, 6.07) is 2.03. The predicted octanol–water partition coefficient (Wildman–Crippen LogP) is 3.17. The summed E-state index contributed by atoms with van der Waals surface area (Å²) in [6.07, 6.45) is 1.96. The van der Waals surface area contributed by atoms with Crippen LogP contribution in [0.1, 0.15) is 35.0 Å². The number of fused-ring (bicyclic) bond motifs is 1. The van der Waals surface area contributed by atoms with Crippen molar-refractivity contribution in [3.8, 4) is 0 Å². The van der Waals surface area contributed by atoms with Gasteiger partial charge in [-0.1, -0.05) is 6.92 Å². The van der Waals surface area contributed by atoms with Crippen molar-refractivity contribution in [3.05, 3.63) is 38.0 Å². The van der Waals surface area contributed by atoms with Gasteiger partial charge in [-0.05, 0) is 43.8 Å². The van der Waals surface area contributed by atoms with Gasteiger partial charge in [-0.15, -0.1) is 22.7 Å². The number of hydrogen-bond donors (Lipinski definition) is 0. The quantitative estimate of drug-likeness (QED) is 0.832. The number of hydrogen-bond acceptors (Lipinski definition) is 5. The number of carbonyl (C=O) groups is 1. The fraction of sp³-hybridized carbons (Fsp3) is 0.529. The number of nitrogens with zero attached hydrogens (tertiary/aromatic N) is 3. The Morgan fingerprint density at radius 1 is 1.48 bits per heavy atom. The van der Waals surface area contributed by atoms with Gasteiger partial charge in [0.05, 0.1) is 16.7 Å². The molecule has 2 aromatic heterocycles. The third-order valence-corrected chi connectivity index (χ3v) is 6.52. The van der Waals surface area contributed by atoms with Crippen LogP contribution in [0.15, 0.2) is 16.8 Å². The van der Waals surface area contributed by atoms with E-state index in [1.807, 2.05) is 18.9 Å². The Morgan fingerprint density at radius 3 is 3.04 bits per heavy atom. The maximum Gasteiger partial charge on any atom is 0.239 e. The highest BCUT2D eigenvalue weighted by atomic mass is 32.1. The number of thiazole rings is 1. The predicted molar refractivity (Wildman–Crippen MR) is 95.9 cm³/mol. The summed E-state index contributed by atoms with van der Waals surface area (Å²) in [5.74, 6) is 0.218. The van der Waals surface area contributed by atoms with E-state index in [4.69, 9.17) is 0 Å². The molecule has 0 saturated heterocycles. The molecule has 0 unspecified atom stereocenters. The van der Waals surface area contributed by atoms with Crippen LogP contribution in [-0.2, 0) is 30.7 Å². The van der Waals surface area contributed by atoms with E-state index in [-0.39, 0.29) is 11.9 Å². The molecule has 124 valence electrons. The Balaban J connectivity index is 1.60. The van der Waals surface area contributed by atoms with E-state index in [0.29, 0.717) is 0 Å². The molecule has 0 aromatic carbocycles. The minimum absolute atomic E-state index is 0.123. The summed E-state index contributed by atoms with van der Waals surface area (Å²) in [4.78, 5) is 22.9. The first-order valence-corrected chi connectivity index (χ1v) is 9.82. The zero-order valence-corrected chi connectivity index (χ0v) is 15.5. The smallest absolute Gasteiger partial charge is 0.239 e. The van der Waals surface area contributed by atoms with E-state index in [9.17, 15) is 4.79 Å². The number of likely N-dealkylation sites (N-methyl/N-ethyl adjacent to an activating group) is 1. The zero-order chi connectivity index (χ0) is 16.4. The highest BCUT2D eigenvalue weighted by molar-refractivity contribution is 7.10. The minimum atomic E-state index is -0.123. The van der Waals surface area contributed by atoms with Gasteiger partial charge in [-0.3, -0.25) is 9.69 Å². The van der Waals surface area contributed by atoms with E-state index < -0.39 is 0 Å². The molecular weight excluding hydrogens is 326 g/mol. The second-order valence-electron chi connectivity index (χ2n) is 6.06. The van der Waals surface area contributed by atoms with Crippen LogP contribution in [0.2, 0.25) is 0 Å². The van der Waals surface area contributed by atoms with E-state index in [2.05, 4.69) is 33.6 Å². The molecule has 1 amide bonds. The fourth-order valence-electron chi connectivity index (χ4n) is 2.87. The molecule has 0 bridgehead atoms. The molecule has 0 radical (unpaired) electrons. The number of carbonyl (C=O) groups excluding carboxylic acids is 1. The minimum Gasteiger partial charge on any atom is -0.337 e. The molecule has 0 aliphatic carbocycles. The Morgan fingerprint density at radius 2 is 2.30 bits per heavy atom. The molecular formula is C17H23N3OS2. The van der Waals surface area contributed by atoms with Crippen molar-refractivity contribution in [2.45, 2.75) is 45.8 Å². The molecule has 6 heteroatoms. The Kier molecular flexibility index (Phi) is 5.14. The molecule has 2 aromatic rings. The third-order valence-electron chi connectivity index (χ3n) is 4.45. The lowest BCUT2D eigenvalue weighted by molar-refractivity contribution is -0.137. The maximum atomic E-state index is 12.8. The monoisotopic (exact) mass is 349 g/mol. The van der Waals surface area contributed by atoms with Crippen molar-refractivity contribution in [2.24, 2.45) is 0 Å². The first-order chi connectivity index (χ1) is 11.1. The molecule has 4 nitrogen and oxygen atoms in total. The Labute approximate surface area is 145 Å². The maximum absolute atomic E-state index is 12.8. The number of aromatic nitrogens is 1. The Bertz CT molecular complexity index is 679. The molecule has 0 N–H and O–H groups in total. The van der Waals surface area contributed by atoms with Gasteiger partial charge >= 0.3 is 0 Å². The highest BCUT2D eigenvalue weighted by Gasteiger charge is 2.27. The van der Waals surface area contributed by atoms with Gasteiger partial charge < -0.3 is 4.90 Å². The summed E-state index contributed by atoms with van der Waals surface area (Å²) in [5.41, 5.74) is 2.38. The normalized spacial score (nSPS) is 15.7. The van der Waals surface area contributed by atoms with Gasteiger partial charge in [0.15, 0.2) is 0 Å². The van der Waals surface area contributed by atoms with Crippen LogP contribution in [0.5, 0.6) is 0 Å². The van der Waals surface area contributed by atoms with Gasteiger partial charge in [-0.25, -0.2) is 4.98 Å². The van der Waals surface area contributed by atoms with Crippen molar-refractivity contribution < 1.29 is 4.79 Å².